The molecule has 0 aromatic rings. The molecule has 0 radical (unpaired) electrons. The average Bonchev–Trinajstić information content (AvgIpc) is 2.14. The zero-order valence-electron chi connectivity index (χ0n) is 7.94. The van der Waals surface area contributed by atoms with Crippen LogP contribution in [-0.4, -0.2) is 26.3 Å². The van der Waals surface area contributed by atoms with E-state index in [0.29, 0.717) is 0 Å². The van der Waals surface area contributed by atoms with Gasteiger partial charge in [0.05, 0.1) is 13.2 Å². The van der Waals surface area contributed by atoms with Crippen LogP contribution in [0, 0.1) is 0 Å². The minimum absolute atomic E-state index is 0.832. The van der Waals surface area contributed by atoms with Gasteiger partial charge in [-0.05, 0) is 25.0 Å². The monoisotopic (exact) mass is 169 g/mol. The van der Waals surface area contributed by atoms with Crippen LogP contribution in [0.1, 0.15) is 26.2 Å². The van der Waals surface area contributed by atoms with Crippen molar-refractivity contribution in [2.75, 3.05) is 26.3 Å². The van der Waals surface area contributed by atoms with E-state index >= 15 is 0 Å². The van der Waals surface area contributed by atoms with Gasteiger partial charge in [-0.15, -0.1) is 0 Å². The molecule has 2 nitrogen and oxygen atoms in total. The van der Waals surface area contributed by atoms with Gasteiger partial charge in [0.1, 0.15) is 0 Å². The molecule has 0 aliphatic carbocycles. The van der Waals surface area contributed by atoms with E-state index in [1.54, 1.807) is 0 Å². The third kappa shape index (κ3) is 3.88. The molecule has 1 heterocycles. The second-order valence-electron chi connectivity index (χ2n) is 3.23. The topological polar surface area (TPSA) is 21.3 Å². The van der Waals surface area contributed by atoms with Crippen LogP contribution in [0.5, 0.6) is 0 Å². The predicted molar refractivity (Wildman–Crippen MR) is 51.3 cm³/mol. The largest absolute Gasteiger partial charge is 0.377 e. The van der Waals surface area contributed by atoms with Crippen LogP contribution in [0.25, 0.3) is 0 Å². The lowest BCUT2D eigenvalue weighted by atomic mass is 10.2. The Balaban J connectivity index is 2.01. The maximum absolute atomic E-state index is 5.33. The first-order valence-corrected chi connectivity index (χ1v) is 4.90. The number of unbranched alkanes of at least 4 members (excludes halogenated alkanes) is 1. The normalized spacial score (nSPS) is 17.6. The smallest absolute Gasteiger partial charge is 0.0689 e. The van der Waals surface area contributed by atoms with E-state index in [1.807, 2.05) is 0 Å². The van der Waals surface area contributed by atoms with Gasteiger partial charge in [0, 0.05) is 6.54 Å². The van der Waals surface area contributed by atoms with E-state index in [9.17, 15) is 0 Å². The molecule has 1 aliphatic rings. The quantitative estimate of drug-likeness (QED) is 0.500. The van der Waals surface area contributed by atoms with Crippen molar-refractivity contribution in [2.24, 2.45) is 0 Å². The molecule has 12 heavy (non-hydrogen) atoms. The molecule has 0 aromatic heterocycles. The second kappa shape index (κ2) is 6.21. The fourth-order valence-electron chi connectivity index (χ4n) is 1.28. The van der Waals surface area contributed by atoms with Crippen molar-refractivity contribution < 1.29 is 4.74 Å². The van der Waals surface area contributed by atoms with Gasteiger partial charge >= 0.3 is 0 Å². The highest BCUT2D eigenvalue weighted by atomic mass is 16.5. The van der Waals surface area contributed by atoms with Crippen molar-refractivity contribution >= 4 is 0 Å². The molecule has 0 amide bonds. The van der Waals surface area contributed by atoms with Crippen molar-refractivity contribution in [1.82, 2.24) is 5.32 Å². The summed E-state index contributed by atoms with van der Waals surface area (Å²) in [4.78, 5) is 0. The summed E-state index contributed by atoms with van der Waals surface area (Å²) in [5.41, 5.74) is 1.41. The SMILES string of the molecule is CCCCNCC1=CCCOC1. The van der Waals surface area contributed by atoms with Crippen LogP contribution in [0.2, 0.25) is 0 Å². The highest BCUT2D eigenvalue weighted by Crippen LogP contribution is 2.03. The molecule has 0 fully saturated rings. The Morgan fingerprint density at radius 3 is 3.17 bits per heavy atom. The summed E-state index contributed by atoms with van der Waals surface area (Å²) in [6.07, 6.45) is 5.92. The van der Waals surface area contributed by atoms with Crippen LogP contribution in [0.15, 0.2) is 11.6 Å². The second-order valence-corrected chi connectivity index (χ2v) is 3.23. The van der Waals surface area contributed by atoms with Crippen molar-refractivity contribution in [2.45, 2.75) is 26.2 Å². The molecule has 1 aliphatic heterocycles. The van der Waals surface area contributed by atoms with Crippen molar-refractivity contribution in [3.05, 3.63) is 11.6 Å². The Kier molecular flexibility index (Phi) is 5.04. The Bertz CT molecular complexity index is 143. The van der Waals surface area contributed by atoms with E-state index in [2.05, 4.69) is 18.3 Å². The van der Waals surface area contributed by atoms with E-state index in [1.165, 1.54) is 18.4 Å². The molecule has 0 saturated carbocycles. The molecule has 0 saturated heterocycles. The number of hydrogen-bond acceptors (Lipinski definition) is 2. The molecule has 0 aromatic carbocycles. The number of hydrogen-bond donors (Lipinski definition) is 1. The minimum Gasteiger partial charge on any atom is -0.377 e. The molecule has 0 spiro atoms. The maximum atomic E-state index is 5.33. The summed E-state index contributed by atoms with van der Waals surface area (Å²) >= 11 is 0. The number of ether oxygens (including phenoxy) is 1. The van der Waals surface area contributed by atoms with Crippen molar-refractivity contribution in [1.29, 1.82) is 0 Å². The molecule has 0 bridgehead atoms. The lowest BCUT2D eigenvalue weighted by molar-refractivity contribution is 0.149. The van der Waals surface area contributed by atoms with E-state index < -0.39 is 0 Å². The summed E-state index contributed by atoms with van der Waals surface area (Å²) in [6, 6.07) is 0. The zero-order valence-corrected chi connectivity index (χ0v) is 7.94. The van der Waals surface area contributed by atoms with Gasteiger partial charge in [0.25, 0.3) is 0 Å². The lowest BCUT2D eigenvalue weighted by Crippen LogP contribution is -2.22. The summed E-state index contributed by atoms with van der Waals surface area (Å²) in [7, 11) is 0. The summed E-state index contributed by atoms with van der Waals surface area (Å²) in [5.74, 6) is 0. The maximum Gasteiger partial charge on any atom is 0.0689 e. The van der Waals surface area contributed by atoms with Crippen LogP contribution >= 0.6 is 0 Å². The summed E-state index contributed by atoms with van der Waals surface area (Å²) in [5, 5.41) is 3.41. The molecule has 1 rings (SSSR count). The van der Waals surface area contributed by atoms with Crippen LogP contribution in [0.3, 0.4) is 0 Å². The van der Waals surface area contributed by atoms with Crippen LogP contribution < -0.4 is 5.32 Å². The van der Waals surface area contributed by atoms with Gasteiger partial charge in [-0.25, -0.2) is 0 Å². The van der Waals surface area contributed by atoms with E-state index in [4.69, 9.17) is 4.74 Å². The minimum atomic E-state index is 0.832. The molecular formula is C10H19NO. The van der Waals surface area contributed by atoms with E-state index in [0.717, 1.165) is 32.7 Å². The highest BCUT2D eigenvalue weighted by Gasteiger charge is 2.01. The number of rotatable bonds is 5. The molecular weight excluding hydrogens is 150 g/mol. The van der Waals surface area contributed by atoms with Gasteiger partial charge in [0.2, 0.25) is 0 Å². The van der Waals surface area contributed by atoms with Crippen LogP contribution in [0.4, 0.5) is 0 Å². The molecule has 0 atom stereocenters. The first-order chi connectivity index (χ1) is 5.93. The molecule has 0 unspecified atom stereocenters. The third-order valence-corrected chi connectivity index (χ3v) is 2.04. The van der Waals surface area contributed by atoms with Gasteiger partial charge in [-0.2, -0.15) is 0 Å². The average molecular weight is 169 g/mol. The standard InChI is InChI=1S/C10H19NO/c1-2-3-6-11-8-10-5-4-7-12-9-10/h5,11H,2-4,6-9H2,1H3. The first kappa shape index (κ1) is 9.75. The fourth-order valence-corrected chi connectivity index (χ4v) is 1.28. The van der Waals surface area contributed by atoms with E-state index in [-0.39, 0.29) is 0 Å². The Morgan fingerprint density at radius 1 is 1.58 bits per heavy atom. The van der Waals surface area contributed by atoms with Crippen molar-refractivity contribution in [3.8, 4) is 0 Å². The Hall–Kier alpha value is -0.340. The van der Waals surface area contributed by atoms with Gasteiger partial charge in [-0.3, -0.25) is 0 Å². The molecule has 1 N–H and O–H groups in total. The first-order valence-electron chi connectivity index (χ1n) is 4.90. The summed E-state index contributed by atoms with van der Waals surface area (Å²) < 4.78 is 5.33. The highest BCUT2D eigenvalue weighted by molar-refractivity contribution is 5.06. The Labute approximate surface area is 75.0 Å². The van der Waals surface area contributed by atoms with Gasteiger partial charge < -0.3 is 10.1 Å². The summed E-state index contributed by atoms with van der Waals surface area (Å²) in [6.45, 7) is 6.09. The lowest BCUT2D eigenvalue weighted by Gasteiger charge is -2.13. The molecule has 70 valence electrons. The fraction of sp³-hybridized carbons (Fsp3) is 0.800. The van der Waals surface area contributed by atoms with Gasteiger partial charge in [-0.1, -0.05) is 19.4 Å². The zero-order chi connectivity index (χ0) is 8.65. The predicted octanol–water partition coefficient (Wildman–Crippen LogP) is 1.72. The Morgan fingerprint density at radius 2 is 2.50 bits per heavy atom. The van der Waals surface area contributed by atoms with Crippen molar-refractivity contribution in [3.63, 3.8) is 0 Å². The van der Waals surface area contributed by atoms with Crippen LogP contribution in [-0.2, 0) is 4.74 Å². The van der Waals surface area contributed by atoms with Gasteiger partial charge in [0.15, 0.2) is 0 Å². The molecule has 2 heteroatoms. The number of nitrogens with one attached hydrogen (secondary N) is 1. The third-order valence-electron chi connectivity index (χ3n) is 2.04.